The van der Waals surface area contributed by atoms with Crippen LogP contribution in [0.1, 0.15) is 94.7 Å². The van der Waals surface area contributed by atoms with Crippen molar-refractivity contribution in [3.05, 3.63) is 88.3 Å². The summed E-state index contributed by atoms with van der Waals surface area (Å²) in [6.45, 7) is 11.4. The van der Waals surface area contributed by atoms with Crippen LogP contribution < -0.4 is 4.90 Å². The first kappa shape index (κ1) is 34.4. The third kappa shape index (κ3) is 6.38. The van der Waals surface area contributed by atoms with Gasteiger partial charge < -0.3 is 9.64 Å². The van der Waals surface area contributed by atoms with Crippen LogP contribution in [-0.4, -0.2) is 26.3 Å². The van der Waals surface area contributed by atoms with Crippen molar-refractivity contribution in [2.45, 2.75) is 127 Å². The largest absolute Gasteiger partial charge is 0.376 e. The molecule has 0 N–H and O–H groups in total. The van der Waals surface area contributed by atoms with Crippen LogP contribution in [0.5, 0.6) is 0 Å². The Bertz CT molecular complexity index is 1500. The lowest BCUT2D eigenvalue weighted by atomic mass is 9.89. The normalized spacial score (nSPS) is 26.5. The van der Waals surface area contributed by atoms with E-state index in [2.05, 4.69) is 64.6 Å². The van der Waals surface area contributed by atoms with Gasteiger partial charge in [-0.05, 0) is 62.7 Å². The maximum atomic E-state index is 15.2. The third-order valence-corrected chi connectivity index (χ3v) is 18.0. The molecular weight excluding hydrogens is 622 g/mol. The second-order valence-electron chi connectivity index (χ2n) is 15.8. The fraction of sp³-hybridized carbons (Fsp3) is 0.590. The number of halogens is 5. The summed E-state index contributed by atoms with van der Waals surface area (Å²) in [7, 11) is -1.99. The van der Waals surface area contributed by atoms with Crippen molar-refractivity contribution in [1.29, 1.82) is 0 Å². The first-order valence-corrected chi connectivity index (χ1v) is 20.6. The van der Waals surface area contributed by atoms with Gasteiger partial charge in [0.25, 0.3) is 0 Å². The second-order valence-corrected chi connectivity index (χ2v) is 20.8. The van der Waals surface area contributed by atoms with Crippen LogP contribution in [0.25, 0.3) is 0 Å². The van der Waals surface area contributed by atoms with Crippen LogP contribution in [-0.2, 0) is 11.3 Å². The van der Waals surface area contributed by atoms with Gasteiger partial charge in [-0.2, -0.15) is 0 Å². The fourth-order valence-electron chi connectivity index (χ4n) is 9.74. The molecule has 3 aliphatic carbocycles. The first-order chi connectivity index (χ1) is 22.3. The Morgan fingerprint density at radius 1 is 0.830 bits per heavy atom. The molecule has 256 valence electrons. The van der Waals surface area contributed by atoms with Crippen molar-refractivity contribution in [1.82, 2.24) is 0 Å². The summed E-state index contributed by atoms with van der Waals surface area (Å²) >= 11 is 0. The Morgan fingerprint density at radius 2 is 1.45 bits per heavy atom. The highest BCUT2D eigenvalue weighted by molar-refractivity contribution is 6.81. The maximum absolute atomic E-state index is 15.2. The van der Waals surface area contributed by atoms with Gasteiger partial charge in [-0.25, -0.2) is 22.0 Å². The number of fused-ring (bicyclic) bond motifs is 5. The molecule has 6 rings (SSSR count). The molecule has 2 fully saturated rings. The predicted molar refractivity (Wildman–Crippen MR) is 182 cm³/mol. The number of hydrogen-bond acceptors (Lipinski definition) is 2. The highest BCUT2D eigenvalue weighted by Crippen LogP contribution is 2.67. The molecule has 8 heteroatoms. The average Bonchev–Trinajstić information content (AvgIpc) is 3.76. The molecule has 0 saturated heterocycles. The molecule has 2 nitrogen and oxygen atoms in total. The Kier molecular flexibility index (Phi) is 9.85. The molecule has 0 radical (unpaired) electrons. The SMILES string of the molecule is Cc1ccc2c(c1)C1C(C3C=CC=CC3C1[Si](C)(CCCCCCOC(C)(C)C)C1CCCC1)N2Cc1c(F)c(F)c(F)c(F)c1F. The molecule has 4 aliphatic rings. The lowest BCUT2D eigenvalue weighted by molar-refractivity contribution is -0.00471. The molecule has 0 spiro atoms. The number of rotatable bonds is 11. The van der Waals surface area contributed by atoms with Gasteiger partial charge in [0.05, 0.1) is 13.7 Å². The minimum atomic E-state index is -2.11. The van der Waals surface area contributed by atoms with Gasteiger partial charge in [0.2, 0.25) is 5.82 Å². The smallest absolute Gasteiger partial charge is 0.200 e. The molecule has 6 atom stereocenters. The van der Waals surface area contributed by atoms with Crippen LogP contribution in [0.3, 0.4) is 0 Å². The Morgan fingerprint density at radius 3 is 2.11 bits per heavy atom. The van der Waals surface area contributed by atoms with E-state index in [0.717, 1.165) is 30.7 Å². The van der Waals surface area contributed by atoms with E-state index in [1.54, 1.807) is 0 Å². The van der Waals surface area contributed by atoms with Gasteiger partial charge in [0.1, 0.15) is 0 Å². The van der Waals surface area contributed by atoms with Gasteiger partial charge >= 0.3 is 0 Å². The average molecular weight is 672 g/mol. The molecule has 0 bridgehead atoms. The number of ether oxygens (including phenoxy) is 1. The molecule has 0 aromatic heterocycles. The van der Waals surface area contributed by atoms with Crippen LogP contribution in [0.4, 0.5) is 27.6 Å². The molecule has 1 aliphatic heterocycles. The predicted octanol–water partition coefficient (Wildman–Crippen LogP) is 11.3. The number of hydrogen-bond donors (Lipinski definition) is 0. The monoisotopic (exact) mass is 671 g/mol. The van der Waals surface area contributed by atoms with E-state index in [0.29, 0.717) is 11.1 Å². The molecule has 2 saturated carbocycles. The third-order valence-electron chi connectivity index (χ3n) is 11.8. The fourth-order valence-corrected chi connectivity index (χ4v) is 16.2. The first-order valence-electron chi connectivity index (χ1n) is 17.7. The summed E-state index contributed by atoms with van der Waals surface area (Å²) in [5.74, 6) is -8.85. The Labute approximate surface area is 278 Å². The van der Waals surface area contributed by atoms with E-state index < -0.39 is 42.7 Å². The molecular formula is C39H50F5NOSi. The van der Waals surface area contributed by atoms with Gasteiger partial charge in [0.15, 0.2) is 23.3 Å². The van der Waals surface area contributed by atoms with E-state index in [1.165, 1.54) is 50.1 Å². The Balaban J connectivity index is 1.36. The number of benzene rings is 2. The van der Waals surface area contributed by atoms with Gasteiger partial charge in [-0.15, -0.1) is 0 Å². The zero-order valence-electron chi connectivity index (χ0n) is 28.5. The number of unbranched alkanes of at least 4 members (excludes halogenated alkanes) is 3. The molecule has 1 heterocycles. The minimum Gasteiger partial charge on any atom is -0.376 e. The maximum Gasteiger partial charge on any atom is 0.200 e. The summed E-state index contributed by atoms with van der Waals surface area (Å²) in [5, 5.41) is 0. The highest BCUT2D eigenvalue weighted by Gasteiger charge is 2.62. The van der Waals surface area contributed by atoms with E-state index in [-0.39, 0.29) is 35.9 Å². The molecule has 47 heavy (non-hydrogen) atoms. The van der Waals surface area contributed by atoms with E-state index in [1.807, 2.05) is 17.0 Å². The number of nitrogens with zero attached hydrogens (tertiary/aromatic N) is 1. The van der Waals surface area contributed by atoms with Crippen molar-refractivity contribution >= 4 is 13.8 Å². The van der Waals surface area contributed by atoms with Crippen molar-refractivity contribution in [2.75, 3.05) is 11.5 Å². The molecule has 6 unspecified atom stereocenters. The highest BCUT2D eigenvalue weighted by atomic mass is 28.3. The van der Waals surface area contributed by atoms with Gasteiger partial charge in [0, 0.05) is 42.3 Å². The lowest BCUT2D eigenvalue weighted by Crippen LogP contribution is -2.44. The Hall–Kier alpha value is -2.45. The van der Waals surface area contributed by atoms with Gasteiger partial charge in [-0.1, -0.05) is 99.5 Å². The second kappa shape index (κ2) is 13.5. The van der Waals surface area contributed by atoms with Crippen molar-refractivity contribution in [2.24, 2.45) is 11.8 Å². The van der Waals surface area contributed by atoms with Crippen LogP contribution in [0, 0.1) is 47.8 Å². The van der Waals surface area contributed by atoms with Crippen molar-refractivity contribution in [3.8, 4) is 0 Å². The van der Waals surface area contributed by atoms with Crippen LogP contribution in [0.2, 0.25) is 23.7 Å². The summed E-state index contributed by atoms with van der Waals surface area (Å²) in [4.78, 5) is 1.98. The number of anilines is 1. The standard InChI is InChI=1S/C39H50F5NOSi/c1-24-18-19-30-28(22-24)31-37(45(30)23-29-32(40)34(42)36(44)35(43)33(29)41)26-16-10-11-17-27(26)38(31)47(5,25-14-8-9-15-25)21-13-7-6-12-20-46-39(2,3)4/h10-11,16-19,22,25-27,31,37-38H,6-9,12-15,20-21,23H2,1-5H3. The molecule has 2 aromatic rings. The topological polar surface area (TPSA) is 12.5 Å². The van der Waals surface area contributed by atoms with E-state index >= 15 is 8.78 Å². The zero-order chi connectivity index (χ0) is 33.7. The summed E-state index contributed by atoms with van der Waals surface area (Å²) < 4.78 is 79.2. The summed E-state index contributed by atoms with van der Waals surface area (Å²) in [5.41, 5.74) is 3.41. The number of aryl methyl sites for hydroxylation is 1. The van der Waals surface area contributed by atoms with Crippen molar-refractivity contribution < 1.29 is 26.7 Å². The quantitative estimate of drug-likeness (QED) is 0.0775. The van der Waals surface area contributed by atoms with E-state index in [9.17, 15) is 13.2 Å². The molecule has 2 aromatic carbocycles. The lowest BCUT2D eigenvalue weighted by Gasteiger charge is -2.45. The summed E-state index contributed by atoms with van der Waals surface area (Å²) in [6, 6.07) is 7.33. The zero-order valence-corrected chi connectivity index (χ0v) is 29.5. The van der Waals surface area contributed by atoms with Crippen molar-refractivity contribution in [3.63, 3.8) is 0 Å². The van der Waals surface area contributed by atoms with Crippen LogP contribution >= 0.6 is 0 Å². The van der Waals surface area contributed by atoms with Crippen LogP contribution in [0.15, 0.2) is 42.5 Å². The minimum absolute atomic E-state index is 0.0896. The molecule has 0 amide bonds. The number of allylic oxidation sites excluding steroid dienone is 3. The van der Waals surface area contributed by atoms with Gasteiger partial charge in [-0.3, -0.25) is 0 Å². The summed E-state index contributed by atoms with van der Waals surface area (Å²) in [6.07, 6.45) is 18.5. The van der Waals surface area contributed by atoms with E-state index in [4.69, 9.17) is 4.74 Å².